The molecule has 0 spiro atoms. The second-order valence-corrected chi connectivity index (χ2v) is 5.29. The number of nitrogens with one attached hydrogen (secondary N) is 1. The van der Waals surface area contributed by atoms with Crippen LogP contribution in [0.1, 0.15) is 37.7 Å². The largest absolute Gasteiger partial charge is 0.396 e. The van der Waals surface area contributed by atoms with Crippen LogP contribution in [0.5, 0.6) is 0 Å². The molecule has 0 aromatic carbocycles. The fourth-order valence-corrected chi connectivity index (χ4v) is 2.52. The molecule has 4 heteroatoms. The first-order chi connectivity index (χ1) is 9.33. The molecule has 2 N–H and O–H groups in total. The molecule has 0 bridgehead atoms. The van der Waals surface area contributed by atoms with Gasteiger partial charge in [0.1, 0.15) is 0 Å². The van der Waals surface area contributed by atoms with Crippen molar-refractivity contribution in [2.75, 3.05) is 6.61 Å². The summed E-state index contributed by atoms with van der Waals surface area (Å²) in [7, 11) is 0. The second kappa shape index (κ2) is 7.32. The number of aromatic nitrogens is 2. The number of pyridine rings is 1. The van der Waals surface area contributed by atoms with Crippen molar-refractivity contribution in [2.45, 2.75) is 32.1 Å². The Morgan fingerprint density at radius 1 is 1.21 bits per heavy atom. The number of halogens is 1. The van der Waals surface area contributed by atoms with Crippen LogP contribution in [0.2, 0.25) is 0 Å². The van der Waals surface area contributed by atoms with Crippen molar-refractivity contribution >= 4 is 26.8 Å². The van der Waals surface area contributed by atoms with E-state index in [9.17, 15) is 0 Å². The van der Waals surface area contributed by atoms with Crippen molar-refractivity contribution in [3.05, 3.63) is 28.6 Å². The highest BCUT2D eigenvalue weighted by Gasteiger charge is 2.04. The molecule has 0 unspecified atom stereocenters. The van der Waals surface area contributed by atoms with Crippen LogP contribution in [0, 0.1) is 11.8 Å². The first kappa shape index (κ1) is 14.1. The maximum absolute atomic E-state index is 8.68. The average molecular weight is 321 g/mol. The van der Waals surface area contributed by atoms with E-state index in [1.807, 2.05) is 6.20 Å². The predicted molar refractivity (Wildman–Crippen MR) is 80.8 cm³/mol. The standard InChI is InChI=1S/C15H17BrN2O/c16-13-10-17-11-14-15(13)12(9-18-14)7-5-3-1-2-4-6-8-19/h9-11,18-19H,1-4,6,8H2. The van der Waals surface area contributed by atoms with Crippen LogP contribution in [-0.2, 0) is 0 Å². The number of unbranched alkanes of at least 4 members (excludes halogenated alkanes) is 4. The Bertz CT molecular complexity index is 595. The average Bonchev–Trinajstić information content (AvgIpc) is 2.82. The van der Waals surface area contributed by atoms with Gasteiger partial charge in [-0.1, -0.05) is 24.7 Å². The van der Waals surface area contributed by atoms with Crippen LogP contribution in [0.25, 0.3) is 10.9 Å². The molecule has 0 radical (unpaired) electrons. The van der Waals surface area contributed by atoms with E-state index in [0.29, 0.717) is 6.61 Å². The number of H-pyrrole nitrogens is 1. The smallest absolute Gasteiger partial charge is 0.0664 e. The Morgan fingerprint density at radius 3 is 2.89 bits per heavy atom. The quantitative estimate of drug-likeness (QED) is 0.653. The topological polar surface area (TPSA) is 48.9 Å². The number of aliphatic hydroxyl groups is 1. The molecule has 0 saturated heterocycles. The van der Waals surface area contributed by atoms with Crippen LogP contribution in [0.4, 0.5) is 0 Å². The lowest BCUT2D eigenvalue weighted by molar-refractivity contribution is 0.282. The molecular formula is C15H17BrN2O. The molecule has 0 atom stereocenters. The van der Waals surface area contributed by atoms with Gasteiger partial charge in [-0.2, -0.15) is 0 Å². The van der Waals surface area contributed by atoms with Gasteiger partial charge in [-0.15, -0.1) is 0 Å². The van der Waals surface area contributed by atoms with Crippen molar-refractivity contribution < 1.29 is 5.11 Å². The number of nitrogens with zero attached hydrogens (tertiary/aromatic N) is 1. The number of hydrogen-bond donors (Lipinski definition) is 2. The molecule has 0 aliphatic rings. The molecule has 2 rings (SSSR count). The molecule has 0 aliphatic carbocycles. The monoisotopic (exact) mass is 320 g/mol. The van der Waals surface area contributed by atoms with Crippen LogP contribution in [0.3, 0.4) is 0 Å². The van der Waals surface area contributed by atoms with E-state index in [0.717, 1.165) is 53.0 Å². The third-order valence-corrected chi connectivity index (χ3v) is 3.58. The summed E-state index contributed by atoms with van der Waals surface area (Å²) in [6.07, 6.45) is 10.6. The van der Waals surface area contributed by atoms with Crippen LogP contribution >= 0.6 is 15.9 Å². The fraction of sp³-hybridized carbons (Fsp3) is 0.400. The molecule has 3 nitrogen and oxygen atoms in total. The van der Waals surface area contributed by atoms with Gasteiger partial charge in [-0.25, -0.2) is 0 Å². The summed E-state index contributed by atoms with van der Waals surface area (Å²) < 4.78 is 0.971. The van der Waals surface area contributed by atoms with Gasteiger partial charge < -0.3 is 10.1 Å². The molecule has 2 heterocycles. The molecule has 0 fully saturated rings. The van der Waals surface area contributed by atoms with Gasteiger partial charge in [0.15, 0.2) is 0 Å². The molecule has 19 heavy (non-hydrogen) atoms. The summed E-state index contributed by atoms with van der Waals surface area (Å²) >= 11 is 3.50. The number of aliphatic hydroxyl groups excluding tert-OH is 1. The Morgan fingerprint density at radius 2 is 2.05 bits per heavy atom. The zero-order valence-corrected chi connectivity index (χ0v) is 12.3. The van der Waals surface area contributed by atoms with E-state index < -0.39 is 0 Å². The van der Waals surface area contributed by atoms with Gasteiger partial charge in [-0.05, 0) is 28.8 Å². The Labute approximate surface area is 121 Å². The van der Waals surface area contributed by atoms with Gasteiger partial charge in [-0.3, -0.25) is 4.98 Å². The first-order valence-corrected chi connectivity index (χ1v) is 7.32. The number of hydrogen-bond acceptors (Lipinski definition) is 2. The normalized spacial score (nSPS) is 10.4. The third-order valence-electron chi connectivity index (χ3n) is 2.97. The lowest BCUT2D eigenvalue weighted by Crippen LogP contribution is -1.82. The maximum Gasteiger partial charge on any atom is 0.0664 e. The van der Waals surface area contributed by atoms with Gasteiger partial charge in [0.25, 0.3) is 0 Å². The van der Waals surface area contributed by atoms with Gasteiger partial charge in [0, 0.05) is 35.3 Å². The van der Waals surface area contributed by atoms with E-state index in [-0.39, 0.29) is 0 Å². The van der Waals surface area contributed by atoms with E-state index in [2.05, 4.69) is 37.7 Å². The summed E-state index contributed by atoms with van der Waals surface area (Å²) in [5.74, 6) is 6.42. The molecule has 0 aliphatic heterocycles. The van der Waals surface area contributed by atoms with E-state index in [4.69, 9.17) is 5.11 Å². The number of fused-ring (bicyclic) bond motifs is 1. The molecule has 100 valence electrons. The highest BCUT2D eigenvalue weighted by molar-refractivity contribution is 9.10. The second-order valence-electron chi connectivity index (χ2n) is 4.44. The summed E-state index contributed by atoms with van der Waals surface area (Å²) in [5.41, 5.74) is 2.02. The molecule has 0 saturated carbocycles. The number of rotatable bonds is 5. The van der Waals surface area contributed by atoms with Gasteiger partial charge in [0.2, 0.25) is 0 Å². The molecule has 2 aromatic rings. The summed E-state index contributed by atoms with van der Waals surface area (Å²) in [6, 6.07) is 0. The van der Waals surface area contributed by atoms with Crippen molar-refractivity contribution in [2.24, 2.45) is 0 Å². The van der Waals surface area contributed by atoms with Crippen molar-refractivity contribution in [1.82, 2.24) is 9.97 Å². The predicted octanol–water partition coefficient (Wildman–Crippen LogP) is 3.62. The van der Waals surface area contributed by atoms with Crippen LogP contribution < -0.4 is 0 Å². The maximum atomic E-state index is 8.68. The van der Waals surface area contributed by atoms with Crippen molar-refractivity contribution in [3.63, 3.8) is 0 Å². The Kier molecular flexibility index (Phi) is 5.44. The minimum absolute atomic E-state index is 0.295. The minimum Gasteiger partial charge on any atom is -0.396 e. The Hall–Kier alpha value is -1.31. The molecular weight excluding hydrogens is 304 g/mol. The minimum atomic E-state index is 0.295. The van der Waals surface area contributed by atoms with Crippen molar-refractivity contribution in [1.29, 1.82) is 0 Å². The van der Waals surface area contributed by atoms with E-state index >= 15 is 0 Å². The van der Waals surface area contributed by atoms with Gasteiger partial charge in [0.05, 0.1) is 17.3 Å². The van der Waals surface area contributed by atoms with E-state index in [1.165, 1.54) is 0 Å². The lowest BCUT2D eigenvalue weighted by atomic mass is 10.1. The highest BCUT2D eigenvalue weighted by Crippen LogP contribution is 2.25. The van der Waals surface area contributed by atoms with E-state index in [1.54, 1.807) is 12.4 Å². The van der Waals surface area contributed by atoms with Crippen LogP contribution in [0.15, 0.2) is 23.1 Å². The highest BCUT2D eigenvalue weighted by atomic mass is 79.9. The summed E-state index contributed by atoms with van der Waals surface area (Å²) in [4.78, 5) is 7.29. The molecule has 2 aromatic heterocycles. The SMILES string of the molecule is OCCCCCCC#Cc1c[nH]c2cncc(Br)c12. The Balaban J connectivity index is 1.95. The van der Waals surface area contributed by atoms with Gasteiger partial charge >= 0.3 is 0 Å². The summed E-state index contributed by atoms with van der Waals surface area (Å²) in [6.45, 7) is 0.295. The summed E-state index contributed by atoms with van der Waals surface area (Å²) in [5, 5.41) is 9.78. The fourth-order valence-electron chi connectivity index (χ4n) is 1.98. The third kappa shape index (κ3) is 3.82. The molecule has 0 amide bonds. The zero-order chi connectivity index (χ0) is 13.5. The first-order valence-electron chi connectivity index (χ1n) is 6.53. The van der Waals surface area contributed by atoms with Crippen molar-refractivity contribution in [3.8, 4) is 11.8 Å². The zero-order valence-electron chi connectivity index (χ0n) is 10.7. The lowest BCUT2D eigenvalue weighted by Gasteiger charge is -1.95. The van der Waals surface area contributed by atoms with Crippen LogP contribution in [-0.4, -0.2) is 21.7 Å². The number of aromatic amines is 1.